The Balaban J connectivity index is 1.37. The van der Waals surface area contributed by atoms with E-state index < -0.39 is 5.91 Å². The van der Waals surface area contributed by atoms with Crippen LogP contribution in [-0.2, 0) is 4.79 Å². The second-order valence-corrected chi connectivity index (χ2v) is 9.97. The number of amides is 2. The topological polar surface area (TPSA) is 102 Å². The molecule has 3 heterocycles. The molecule has 0 spiro atoms. The first-order chi connectivity index (χ1) is 18.0. The van der Waals surface area contributed by atoms with Crippen molar-refractivity contribution < 1.29 is 14.3 Å². The van der Waals surface area contributed by atoms with Crippen molar-refractivity contribution >= 4 is 33.6 Å². The lowest BCUT2D eigenvalue weighted by molar-refractivity contribution is -0.127. The van der Waals surface area contributed by atoms with Crippen LogP contribution in [0.4, 0.5) is 5.82 Å². The van der Waals surface area contributed by atoms with Crippen molar-refractivity contribution in [1.29, 1.82) is 0 Å². The lowest BCUT2D eigenvalue weighted by Crippen LogP contribution is -2.41. The number of halogens is 1. The predicted octanol–water partition coefficient (Wildman–Crippen LogP) is 4.99. The number of primary amides is 1. The molecule has 0 radical (unpaired) electrons. The Morgan fingerprint density at radius 2 is 1.76 bits per heavy atom. The van der Waals surface area contributed by atoms with Crippen molar-refractivity contribution in [2.45, 2.75) is 25.3 Å². The number of rotatable bonds is 7. The fraction of sp³-hybridized carbons (Fsp3) is 0.321. The SMILES string of the molecule is NC(=O)c1c(-c2ccc(Oc3ccccc3)cc2)nn2c1NCCC2C1CCN(C(=O)C=CCBr)CC1. The van der Waals surface area contributed by atoms with E-state index in [0.717, 1.165) is 50.2 Å². The van der Waals surface area contributed by atoms with Crippen molar-refractivity contribution in [2.24, 2.45) is 11.7 Å². The zero-order valence-corrected chi connectivity index (χ0v) is 22.1. The number of hydrogen-bond donors (Lipinski definition) is 2. The van der Waals surface area contributed by atoms with E-state index in [2.05, 4.69) is 21.2 Å². The van der Waals surface area contributed by atoms with Gasteiger partial charge >= 0.3 is 0 Å². The summed E-state index contributed by atoms with van der Waals surface area (Å²) in [7, 11) is 0. The third-order valence-corrected chi connectivity index (χ3v) is 7.43. The van der Waals surface area contributed by atoms with E-state index in [1.165, 1.54) is 0 Å². The quantitative estimate of drug-likeness (QED) is 0.311. The van der Waals surface area contributed by atoms with Gasteiger partial charge in [-0.25, -0.2) is 4.68 Å². The molecule has 3 N–H and O–H groups in total. The minimum Gasteiger partial charge on any atom is -0.457 e. The third kappa shape index (κ3) is 5.41. The van der Waals surface area contributed by atoms with E-state index in [1.54, 1.807) is 6.08 Å². The number of likely N-dealkylation sites (tertiary alicyclic amines) is 1. The summed E-state index contributed by atoms with van der Waals surface area (Å²) in [5.41, 5.74) is 7.64. The second kappa shape index (κ2) is 11.2. The Hall–Kier alpha value is -3.59. The number of carbonyl (C=O) groups excluding carboxylic acids is 2. The van der Waals surface area contributed by atoms with E-state index in [1.807, 2.05) is 70.3 Å². The molecule has 3 aromatic rings. The summed E-state index contributed by atoms with van der Waals surface area (Å²) in [6.07, 6.45) is 6.14. The number of fused-ring (bicyclic) bond motifs is 1. The first kappa shape index (κ1) is 25.1. The van der Waals surface area contributed by atoms with Crippen LogP contribution in [0.3, 0.4) is 0 Å². The van der Waals surface area contributed by atoms with Gasteiger partial charge in [-0.1, -0.05) is 40.2 Å². The summed E-state index contributed by atoms with van der Waals surface area (Å²) in [6.45, 7) is 2.18. The van der Waals surface area contributed by atoms with Crippen LogP contribution < -0.4 is 15.8 Å². The van der Waals surface area contributed by atoms with E-state index in [4.69, 9.17) is 15.6 Å². The van der Waals surface area contributed by atoms with Gasteiger partial charge in [-0.3, -0.25) is 9.59 Å². The summed E-state index contributed by atoms with van der Waals surface area (Å²) in [4.78, 5) is 26.9. The molecule has 9 heteroatoms. The molecule has 2 aliphatic rings. The molecule has 0 saturated carbocycles. The number of para-hydroxylation sites is 1. The van der Waals surface area contributed by atoms with Gasteiger partial charge in [0.15, 0.2) is 0 Å². The Bertz CT molecular complexity index is 1280. The minimum atomic E-state index is -0.506. The normalized spacial score (nSPS) is 17.9. The molecule has 2 aromatic carbocycles. The standard InChI is InChI=1S/C28H30BrN5O3/c29-15-4-7-24(35)33-17-13-19(14-18-33)23-12-16-31-28-25(27(30)36)26(32-34(23)28)20-8-10-22(11-9-20)37-21-5-2-1-3-6-21/h1-11,19,23,31H,12-18H2,(H2,30,36). The lowest BCUT2D eigenvalue weighted by Gasteiger charge is -2.38. The molecule has 2 amide bonds. The maximum Gasteiger partial charge on any atom is 0.254 e. The number of anilines is 1. The summed E-state index contributed by atoms with van der Waals surface area (Å²) < 4.78 is 7.87. The number of benzene rings is 2. The maximum atomic E-state index is 12.6. The van der Waals surface area contributed by atoms with Crippen molar-refractivity contribution in [3.63, 3.8) is 0 Å². The van der Waals surface area contributed by atoms with Gasteiger partial charge < -0.3 is 20.7 Å². The van der Waals surface area contributed by atoms with Gasteiger partial charge in [0, 0.05) is 30.5 Å². The van der Waals surface area contributed by atoms with Crippen LogP contribution in [0, 0.1) is 5.92 Å². The second-order valence-electron chi connectivity index (χ2n) is 9.32. The third-order valence-electron chi connectivity index (χ3n) is 7.06. The Morgan fingerprint density at radius 3 is 2.43 bits per heavy atom. The monoisotopic (exact) mass is 563 g/mol. The number of nitrogens with zero attached hydrogens (tertiary/aromatic N) is 3. The number of nitrogens with two attached hydrogens (primary N) is 1. The predicted molar refractivity (Wildman–Crippen MR) is 147 cm³/mol. The number of aromatic nitrogens is 2. The van der Waals surface area contributed by atoms with E-state index in [-0.39, 0.29) is 11.9 Å². The number of piperidine rings is 1. The van der Waals surface area contributed by atoms with Crippen LogP contribution in [0.25, 0.3) is 11.3 Å². The zero-order chi connectivity index (χ0) is 25.8. The molecule has 1 atom stereocenters. The highest BCUT2D eigenvalue weighted by molar-refractivity contribution is 9.09. The van der Waals surface area contributed by atoms with Crippen LogP contribution in [0.1, 0.15) is 35.7 Å². The number of hydrogen-bond acceptors (Lipinski definition) is 5. The highest BCUT2D eigenvalue weighted by atomic mass is 79.9. The first-order valence-corrected chi connectivity index (χ1v) is 13.7. The van der Waals surface area contributed by atoms with Crippen molar-refractivity contribution in [2.75, 3.05) is 30.3 Å². The summed E-state index contributed by atoms with van der Waals surface area (Å²) in [5, 5.41) is 8.95. The van der Waals surface area contributed by atoms with Crippen LogP contribution in [0.15, 0.2) is 66.7 Å². The van der Waals surface area contributed by atoms with Gasteiger partial charge in [0.25, 0.3) is 5.91 Å². The largest absolute Gasteiger partial charge is 0.457 e. The highest BCUT2D eigenvalue weighted by Gasteiger charge is 2.35. The molecule has 1 aromatic heterocycles. The number of alkyl halides is 1. The van der Waals surface area contributed by atoms with Crippen LogP contribution in [0.5, 0.6) is 11.5 Å². The summed E-state index contributed by atoms with van der Waals surface area (Å²) in [6, 6.07) is 17.3. The molecule has 5 rings (SSSR count). The van der Waals surface area contributed by atoms with E-state index >= 15 is 0 Å². The molecule has 1 unspecified atom stereocenters. The smallest absolute Gasteiger partial charge is 0.254 e. The number of nitrogens with one attached hydrogen (secondary N) is 1. The average Bonchev–Trinajstić information content (AvgIpc) is 3.33. The molecule has 2 aliphatic heterocycles. The van der Waals surface area contributed by atoms with Gasteiger partial charge in [-0.2, -0.15) is 5.10 Å². The van der Waals surface area contributed by atoms with Crippen molar-refractivity contribution in [1.82, 2.24) is 14.7 Å². The Labute approximate surface area is 224 Å². The van der Waals surface area contributed by atoms with E-state index in [0.29, 0.717) is 34.1 Å². The molecule has 0 aliphatic carbocycles. The van der Waals surface area contributed by atoms with Gasteiger partial charge in [-0.15, -0.1) is 0 Å². The van der Waals surface area contributed by atoms with Crippen LogP contribution >= 0.6 is 15.9 Å². The fourth-order valence-corrected chi connectivity index (χ4v) is 5.42. The number of ether oxygens (including phenoxy) is 1. The Morgan fingerprint density at radius 1 is 1.05 bits per heavy atom. The average molecular weight is 564 g/mol. The summed E-state index contributed by atoms with van der Waals surface area (Å²) in [5.74, 6) is 2.04. The van der Waals surface area contributed by atoms with Gasteiger partial charge in [0.05, 0.1) is 6.04 Å². The molecule has 1 fully saturated rings. The van der Waals surface area contributed by atoms with Crippen LogP contribution in [-0.4, -0.2) is 51.5 Å². The minimum absolute atomic E-state index is 0.0565. The maximum absolute atomic E-state index is 12.6. The molecular formula is C28H30BrN5O3. The molecule has 8 nitrogen and oxygen atoms in total. The Kier molecular flexibility index (Phi) is 7.60. The van der Waals surface area contributed by atoms with Gasteiger partial charge in [0.1, 0.15) is 28.6 Å². The van der Waals surface area contributed by atoms with Crippen LogP contribution in [0.2, 0.25) is 0 Å². The first-order valence-electron chi connectivity index (χ1n) is 12.6. The molecule has 192 valence electrons. The number of carbonyl (C=O) groups is 2. The van der Waals surface area contributed by atoms with Gasteiger partial charge in [0.2, 0.25) is 5.91 Å². The molecule has 0 bridgehead atoms. The molecule has 37 heavy (non-hydrogen) atoms. The zero-order valence-electron chi connectivity index (χ0n) is 20.5. The van der Waals surface area contributed by atoms with Crippen molar-refractivity contribution in [3.05, 3.63) is 72.3 Å². The van der Waals surface area contributed by atoms with Gasteiger partial charge in [-0.05, 0) is 67.7 Å². The molecular weight excluding hydrogens is 534 g/mol. The number of allylic oxidation sites excluding steroid dienone is 1. The highest BCUT2D eigenvalue weighted by Crippen LogP contribution is 2.40. The lowest BCUT2D eigenvalue weighted by atomic mass is 9.87. The fourth-order valence-electron chi connectivity index (χ4n) is 5.24. The summed E-state index contributed by atoms with van der Waals surface area (Å²) >= 11 is 3.32. The van der Waals surface area contributed by atoms with Crippen molar-refractivity contribution in [3.8, 4) is 22.8 Å². The van der Waals surface area contributed by atoms with E-state index in [9.17, 15) is 9.59 Å². The molecule has 1 saturated heterocycles.